The molecule has 1 amide bonds. The van der Waals surface area contributed by atoms with Crippen molar-refractivity contribution in [2.24, 2.45) is 11.7 Å². The smallest absolute Gasteiger partial charge is 0.227 e. The maximum absolute atomic E-state index is 12.9. The lowest BCUT2D eigenvalue weighted by molar-refractivity contribution is -0.137. The number of nitrogens with zero attached hydrogens (tertiary/aromatic N) is 1. The van der Waals surface area contributed by atoms with E-state index < -0.39 is 0 Å². The lowest BCUT2D eigenvalue weighted by Crippen LogP contribution is -2.43. The van der Waals surface area contributed by atoms with Gasteiger partial charge in [-0.05, 0) is 48.1 Å². The number of nitrogens with two attached hydrogens (primary N) is 1. The average molecular weight is 292 g/mol. The van der Waals surface area contributed by atoms with Crippen molar-refractivity contribution in [3.63, 3.8) is 0 Å². The molecule has 1 aliphatic carbocycles. The molecule has 1 aromatic rings. The maximum atomic E-state index is 12.9. The van der Waals surface area contributed by atoms with E-state index in [9.17, 15) is 4.79 Å². The van der Waals surface area contributed by atoms with Crippen LogP contribution in [-0.4, -0.2) is 23.4 Å². The van der Waals surface area contributed by atoms with Gasteiger partial charge in [-0.1, -0.05) is 19.3 Å². The molecule has 1 saturated carbocycles. The van der Waals surface area contributed by atoms with E-state index in [0.29, 0.717) is 11.9 Å². The van der Waals surface area contributed by atoms with Crippen LogP contribution in [0.2, 0.25) is 0 Å². The molecule has 0 spiro atoms. The fourth-order valence-electron chi connectivity index (χ4n) is 3.70. The first-order valence-electron chi connectivity index (χ1n) is 7.85. The number of thiophene rings is 1. The zero-order chi connectivity index (χ0) is 13.9. The van der Waals surface area contributed by atoms with Crippen LogP contribution in [0.25, 0.3) is 0 Å². The summed E-state index contributed by atoms with van der Waals surface area (Å²) in [5, 5.41) is 4.29. The van der Waals surface area contributed by atoms with Gasteiger partial charge in [0.25, 0.3) is 0 Å². The third-order valence-electron chi connectivity index (χ3n) is 4.85. The van der Waals surface area contributed by atoms with Gasteiger partial charge in [0.2, 0.25) is 5.91 Å². The molecular weight excluding hydrogens is 268 g/mol. The van der Waals surface area contributed by atoms with Gasteiger partial charge in [0.15, 0.2) is 0 Å². The summed E-state index contributed by atoms with van der Waals surface area (Å²) in [6.07, 6.45) is 7.77. The van der Waals surface area contributed by atoms with Crippen LogP contribution in [0.5, 0.6) is 0 Å². The molecule has 3 rings (SSSR count). The Balaban J connectivity index is 1.75. The Hall–Kier alpha value is -0.870. The Labute approximate surface area is 125 Å². The number of amides is 1. The molecule has 4 heteroatoms. The quantitative estimate of drug-likeness (QED) is 0.850. The van der Waals surface area contributed by atoms with Crippen LogP contribution in [-0.2, 0) is 4.79 Å². The van der Waals surface area contributed by atoms with E-state index in [4.69, 9.17) is 5.73 Å². The number of rotatable bonds is 2. The summed E-state index contributed by atoms with van der Waals surface area (Å²) in [6.45, 7) is 0.905. The summed E-state index contributed by atoms with van der Waals surface area (Å²) < 4.78 is 0. The number of likely N-dealkylation sites (tertiary alicyclic amines) is 1. The van der Waals surface area contributed by atoms with E-state index in [-0.39, 0.29) is 12.0 Å². The average Bonchev–Trinajstić information content (AvgIpc) is 3.07. The van der Waals surface area contributed by atoms with E-state index in [1.807, 2.05) is 0 Å². The molecule has 3 nitrogen and oxygen atoms in total. The van der Waals surface area contributed by atoms with Gasteiger partial charge in [-0.2, -0.15) is 11.3 Å². The van der Waals surface area contributed by atoms with Crippen LogP contribution in [0.1, 0.15) is 56.6 Å². The van der Waals surface area contributed by atoms with Crippen LogP contribution in [0.15, 0.2) is 16.8 Å². The summed E-state index contributed by atoms with van der Waals surface area (Å²) in [4.78, 5) is 15.0. The van der Waals surface area contributed by atoms with Crippen molar-refractivity contribution in [1.82, 2.24) is 4.90 Å². The monoisotopic (exact) mass is 292 g/mol. The molecule has 2 N–H and O–H groups in total. The largest absolute Gasteiger partial charge is 0.335 e. The van der Waals surface area contributed by atoms with Crippen molar-refractivity contribution in [2.75, 3.05) is 6.54 Å². The zero-order valence-corrected chi connectivity index (χ0v) is 12.8. The summed E-state index contributed by atoms with van der Waals surface area (Å²) in [7, 11) is 0. The fraction of sp³-hybridized carbons (Fsp3) is 0.688. The molecule has 0 radical (unpaired) electrons. The Morgan fingerprint density at radius 2 is 2.05 bits per heavy atom. The minimum Gasteiger partial charge on any atom is -0.335 e. The molecule has 1 aliphatic heterocycles. The van der Waals surface area contributed by atoms with Gasteiger partial charge in [0.05, 0.1) is 12.0 Å². The molecule has 110 valence electrons. The number of carbonyl (C=O) groups is 1. The first kappa shape index (κ1) is 14.1. The summed E-state index contributed by atoms with van der Waals surface area (Å²) in [5.74, 6) is 0.366. The second kappa shape index (κ2) is 6.27. The predicted octanol–water partition coefficient (Wildman–Crippen LogP) is 3.32. The normalized spacial score (nSPS) is 31.2. The Morgan fingerprint density at radius 3 is 2.85 bits per heavy atom. The molecule has 2 aliphatic rings. The molecule has 2 heterocycles. The summed E-state index contributed by atoms with van der Waals surface area (Å²) in [6, 6.07) is 2.52. The van der Waals surface area contributed by atoms with Crippen LogP contribution in [0.3, 0.4) is 0 Å². The molecule has 1 saturated heterocycles. The highest BCUT2D eigenvalue weighted by Gasteiger charge is 2.36. The lowest BCUT2D eigenvalue weighted by Gasteiger charge is -2.30. The highest BCUT2D eigenvalue weighted by atomic mass is 32.1. The molecular formula is C16H24N2OS. The minimum absolute atomic E-state index is 0.0525. The van der Waals surface area contributed by atoms with Gasteiger partial charge in [0, 0.05) is 12.6 Å². The van der Waals surface area contributed by atoms with E-state index in [0.717, 1.165) is 38.6 Å². The van der Waals surface area contributed by atoms with Gasteiger partial charge in [-0.3, -0.25) is 4.79 Å². The van der Waals surface area contributed by atoms with Crippen molar-refractivity contribution >= 4 is 17.2 Å². The van der Waals surface area contributed by atoms with E-state index in [2.05, 4.69) is 21.7 Å². The predicted molar refractivity (Wildman–Crippen MR) is 82.6 cm³/mol. The van der Waals surface area contributed by atoms with Crippen LogP contribution in [0.4, 0.5) is 0 Å². The number of hydrogen-bond donors (Lipinski definition) is 1. The van der Waals surface area contributed by atoms with Gasteiger partial charge >= 0.3 is 0 Å². The zero-order valence-electron chi connectivity index (χ0n) is 12.0. The standard InChI is InChI=1S/C16H24N2OS/c17-14-6-3-1-2-5-13(14)16(19)18-9-4-7-15(18)12-8-10-20-11-12/h8,10-11,13-15H,1-7,9,17H2. The Kier molecular flexibility index (Phi) is 4.41. The number of carbonyl (C=O) groups excluding carboxylic acids is 1. The third-order valence-corrected chi connectivity index (χ3v) is 5.55. The summed E-state index contributed by atoms with van der Waals surface area (Å²) >= 11 is 1.72. The first-order chi connectivity index (χ1) is 9.77. The highest BCUT2D eigenvalue weighted by molar-refractivity contribution is 7.07. The fourth-order valence-corrected chi connectivity index (χ4v) is 4.40. The second-order valence-corrected chi connectivity index (χ2v) is 6.93. The van der Waals surface area contributed by atoms with Gasteiger partial charge < -0.3 is 10.6 Å². The Bertz CT molecular complexity index is 445. The molecule has 2 fully saturated rings. The van der Waals surface area contributed by atoms with Crippen molar-refractivity contribution in [2.45, 2.75) is 57.0 Å². The topological polar surface area (TPSA) is 46.3 Å². The van der Waals surface area contributed by atoms with E-state index in [1.165, 1.54) is 18.4 Å². The molecule has 1 aromatic heterocycles. The van der Waals surface area contributed by atoms with Crippen LogP contribution < -0.4 is 5.73 Å². The lowest BCUT2D eigenvalue weighted by atomic mass is 9.93. The molecule has 20 heavy (non-hydrogen) atoms. The molecule has 3 unspecified atom stereocenters. The van der Waals surface area contributed by atoms with E-state index >= 15 is 0 Å². The van der Waals surface area contributed by atoms with Gasteiger partial charge in [0.1, 0.15) is 0 Å². The van der Waals surface area contributed by atoms with Crippen molar-refractivity contribution in [3.8, 4) is 0 Å². The summed E-state index contributed by atoms with van der Waals surface area (Å²) in [5.41, 5.74) is 7.57. The van der Waals surface area contributed by atoms with Crippen molar-refractivity contribution in [3.05, 3.63) is 22.4 Å². The molecule has 0 bridgehead atoms. The van der Waals surface area contributed by atoms with Crippen molar-refractivity contribution in [1.29, 1.82) is 0 Å². The number of hydrogen-bond acceptors (Lipinski definition) is 3. The van der Waals surface area contributed by atoms with Gasteiger partial charge in [-0.25, -0.2) is 0 Å². The highest BCUT2D eigenvalue weighted by Crippen LogP contribution is 2.36. The van der Waals surface area contributed by atoms with Crippen molar-refractivity contribution < 1.29 is 4.79 Å². The maximum Gasteiger partial charge on any atom is 0.227 e. The third kappa shape index (κ3) is 2.77. The van der Waals surface area contributed by atoms with Crippen LogP contribution >= 0.6 is 11.3 Å². The first-order valence-corrected chi connectivity index (χ1v) is 8.80. The molecule has 0 aromatic carbocycles. The SMILES string of the molecule is NC1CCCCCC1C(=O)N1CCCC1c1ccsc1. The minimum atomic E-state index is 0.0525. The van der Waals surface area contributed by atoms with Crippen LogP contribution in [0, 0.1) is 5.92 Å². The second-order valence-electron chi connectivity index (χ2n) is 6.15. The Morgan fingerprint density at radius 1 is 1.20 bits per heavy atom. The van der Waals surface area contributed by atoms with Gasteiger partial charge in [-0.15, -0.1) is 0 Å². The van der Waals surface area contributed by atoms with E-state index in [1.54, 1.807) is 11.3 Å². The molecule has 3 atom stereocenters.